The quantitative estimate of drug-likeness (QED) is 0.403. The van der Waals surface area contributed by atoms with Gasteiger partial charge >= 0.3 is 0 Å². The van der Waals surface area contributed by atoms with Gasteiger partial charge in [0.25, 0.3) is 0 Å². The Kier molecular flexibility index (Phi) is 6.17. The average molecular weight is 422 g/mol. The van der Waals surface area contributed by atoms with E-state index in [0.29, 0.717) is 22.5 Å². The van der Waals surface area contributed by atoms with Crippen LogP contribution in [0.25, 0.3) is 0 Å². The Morgan fingerprint density at radius 1 is 1.39 bits per heavy atom. The van der Waals surface area contributed by atoms with Crippen LogP contribution >= 0.6 is 27.5 Å². The Labute approximate surface area is 147 Å². The summed E-state index contributed by atoms with van der Waals surface area (Å²) in [4.78, 5) is 7.82. The molecular weight excluding hydrogens is 408 g/mol. The van der Waals surface area contributed by atoms with Gasteiger partial charge in [-0.1, -0.05) is 6.07 Å². The standard InChI is InChI=1S/C13H14BrClN4O3S/c14-11-8-17-13(15)19-12(11)22-6-2-5-18-23(20,21)10-4-1-3-9(16)7-10/h1,3-4,7-8,18H,2,5-6,16H2. The second-order valence-electron chi connectivity index (χ2n) is 4.46. The number of nitrogen functional groups attached to an aromatic ring is 1. The first-order chi connectivity index (χ1) is 10.9. The summed E-state index contributed by atoms with van der Waals surface area (Å²) in [5.74, 6) is 0.309. The van der Waals surface area contributed by atoms with Crippen LogP contribution in [0.1, 0.15) is 6.42 Å². The van der Waals surface area contributed by atoms with Crippen LogP contribution < -0.4 is 15.2 Å². The number of hydrogen-bond acceptors (Lipinski definition) is 6. The molecule has 0 unspecified atom stereocenters. The van der Waals surface area contributed by atoms with Gasteiger partial charge < -0.3 is 10.5 Å². The number of rotatable bonds is 7. The number of aromatic nitrogens is 2. The van der Waals surface area contributed by atoms with E-state index in [1.165, 1.54) is 18.3 Å². The van der Waals surface area contributed by atoms with Crippen LogP contribution in [-0.4, -0.2) is 31.5 Å². The number of nitrogens with two attached hydrogens (primary N) is 1. The van der Waals surface area contributed by atoms with Crippen LogP contribution in [0.4, 0.5) is 5.69 Å². The molecule has 2 aromatic rings. The summed E-state index contributed by atoms with van der Waals surface area (Å²) in [6, 6.07) is 6.09. The summed E-state index contributed by atoms with van der Waals surface area (Å²) in [5.41, 5.74) is 5.97. The van der Waals surface area contributed by atoms with E-state index in [1.54, 1.807) is 12.1 Å². The summed E-state index contributed by atoms with van der Waals surface area (Å²) in [7, 11) is -3.58. The van der Waals surface area contributed by atoms with Crippen LogP contribution in [0, 0.1) is 0 Å². The van der Waals surface area contributed by atoms with Crippen molar-refractivity contribution in [2.45, 2.75) is 11.3 Å². The van der Waals surface area contributed by atoms with Gasteiger partial charge in [-0.25, -0.2) is 18.1 Å². The summed E-state index contributed by atoms with van der Waals surface area (Å²) < 4.78 is 32.6. The fraction of sp³-hybridized carbons (Fsp3) is 0.231. The number of nitrogens with one attached hydrogen (secondary N) is 1. The molecule has 0 aliphatic rings. The highest BCUT2D eigenvalue weighted by Crippen LogP contribution is 2.22. The van der Waals surface area contributed by atoms with Gasteiger partial charge in [-0.3, -0.25) is 0 Å². The number of benzene rings is 1. The molecule has 0 aliphatic heterocycles. The lowest BCUT2D eigenvalue weighted by Crippen LogP contribution is -2.26. The fourth-order valence-electron chi connectivity index (χ4n) is 1.65. The predicted molar refractivity (Wildman–Crippen MR) is 90.9 cm³/mol. The molecule has 0 fully saturated rings. The molecule has 3 N–H and O–H groups in total. The zero-order valence-electron chi connectivity index (χ0n) is 11.9. The molecule has 10 heteroatoms. The zero-order chi connectivity index (χ0) is 16.9. The number of ether oxygens (including phenoxy) is 1. The molecule has 0 spiro atoms. The highest BCUT2D eigenvalue weighted by atomic mass is 79.9. The van der Waals surface area contributed by atoms with Crippen LogP contribution in [0.15, 0.2) is 39.8 Å². The lowest BCUT2D eigenvalue weighted by atomic mass is 10.3. The van der Waals surface area contributed by atoms with Crippen LogP contribution in [0.3, 0.4) is 0 Å². The molecule has 23 heavy (non-hydrogen) atoms. The molecule has 0 amide bonds. The molecule has 0 atom stereocenters. The van der Waals surface area contributed by atoms with Crippen LogP contribution in [0.2, 0.25) is 5.28 Å². The van der Waals surface area contributed by atoms with Gasteiger partial charge in [0.1, 0.15) is 0 Å². The van der Waals surface area contributed by atoms with E-state index in [4.69, 9.17) is 22.1 Å². The maximum absolute atomic E-state index is 12.1. The van der Waals surface area contributed by atoms with Crippen molar-refractivity contribution in [2.24, 2.45) is 0 Å². The minimum atomic E-state index is -3.58. The summed E-state index contributed by atoms with van der Waals surface area (Å²) >= 11 is 8.91. The molecule has 0 saturated heterocycles. The Hall–Kier alpha value is -1.42. The van der Waals surface area contributed by atoms with E-state index in [0.717, 1.165) is 0 Å². The second-order valence-corrected chi connectivity index (χ2v) is 7.42. The molecule has 1 heterocycles. The fourth-order valence-corrected chi connectivity index (χ4v) is 3.20. The third-order valence-corrected chi connectivity index (χ3v) is 4.89. The highest BCUT2D eigenvalue weighted by Gasteiger charge is 2.13. The minimum Gasteiger partial charge on any atom is -0.477 e. The van der Waals surface area contributed by atoms with Gasteiger partial charge in [0, 0.05) is 18.4 Å². The molecule has 124 valence electrons. The van der Waals surface area contributed by atoms with Crippen molar-refractivity contribution in [3.05, 3.63) is 40.2 Å². The third-order valence-electron chi connectivity index (χ3n) is 2.70. The summed E-state index contributed by atoms with van der Waals surface area (Å²) in [6.07, 6.45) is 1.93. The smallest absolute Gasteiger partial charge is 0.240 e. The maximum Gasteiger partial charge on any atom is 0.240 e. The number of sulfonamides is 1. The monoisotopic (exact) mass is 420 g/mol. The minimum absolute atomic E-state index is 0.0746. The molecule has 2 rings (SSSR count). The van der Waals surface area contributed by atoms with Gasteiger partial charge in [0.05, 0.1) is 16.0 Å². The Morgan fingerprint density at radius 3 is 2.91 bits per heavy atom. The van der Waals surface area contributed by atoms with Crippen molar-refractivity contribution in [3.8, 4) is 5.88 Å². The second kappa shape index (κ2) is 7.91. The average Bonchev–Trinajstić information content (AvgIpc) is 2.50. The molecule has 7 nitrogen and oxygen atoms in total. The van der Waals surface area contributed by atoms with Crippen molar-refractivity contribution in [1.82, 2.24) is 14.7 Å². The van der Waals surface area contributed by atoms with E-state index in [9.17, 15) is 8.42 Å². The lowest BCUT2D eigenvalue weighted by molar-refractivity contribution is 0.297. The normalized spacial score (nSPS) is 11.4. The van der Waals surface area contributed by atoms with Crippen LogP contribution in [0.5, 0.6) is 5.88 Å². The first-order valence-corrected chi connectivity index (χ1v) is 9.20. The number of hydrogen-bond donors (Lipinski definition) is 2. The summed E-state index contributed by atoms with van der Waals surface area (Å²) in [5, 5.41) is 0.0746. The Morgan fingerprint density at radius 2 is 2.17 bits per heavy atom. The van der Waals surface area contributed by atoms with E-state index in [1.807, 2.05) is 0 Å². The third kappa shape index (κ3) is 5.31. The van der Waals surface area contributed by atoms with E-state index in [2.05, 4.69) is 30.6 Å². The molecule has 0 saturated carbocycles. The molecule has 0 bridgehead atoms. The van der Waals surface area contributed by atoms with Gasteiger partial charge in [-0.2, -0.15) is 4.98 Å². The first-order valence-electron chi connectivity index (χ1n) is 6.54. The SMILES string of the molecule is Nc1cccc(S(=O)(=O)NCCCOc2nc(Cl)ncc2Br)c1. The summed E-state index contributed by atoms with van der Waals surface area (Å²) in [6.45, 7) is 0.485. The van der Waals surface area contributed by atoms with Crippen molar-refractivity contribution in [2.75, 3.05) is 18.9 Å². The van der Waals surface area contributed by atoms with Gasteiger partial charge in [0.2, 0.25) is 21.2 Å². The number of nitrogens with zero attached hydrogens (tertiary/aromatic N) is 2. The lowest BCUT2D eigenvalue weighted by Gasteiger charge is -2.09. The maximum atomic E-state index is 12.1. The Bertz CT molecular complexity index is 789. The zero-order valence-corrected chi connectivity index (χ0v) is 15.0. The van der Waals surface area contributed by atoms with Crippen molar-refractivity contribution in [1.29, 1.82) is 0 Å². The van der Waals surface area contributed by atoms with Gasteiger partial charge in [-0.15, -0.1) is 0 Å². The first kappa shape index (κ1) is 17.9. The van der Waals surface area contributed by atoms with E-state index >= 15 is 0 Å². The van der Waals surface area contributed by atoms with Gasteiger partial charge in [0.15, 0.2) is 0 Å². The molecule has 0 aliphatic carbocycles. The van der Waals surface area contributed by atoms with Gasteiger partial charge in [-0.05, 0) is 52.2 Å². The molecule has 1 aromatic heterocycles. The van der Waals surface area contributed by atoms with E-state index in [-0.39, 0.29) is 23.3 Å². The van der Waals surface area contributed by atoms with Crippen molar-refractivity contribution < 1.29 is 13.2 Å². The van der Waals surface area contributed by atoms with Crippen molar-refractivity contribution >= 4 is 43.2 Å². The van der Waals surface area contributed by atoms with Crippen molar-refractivity contribution in [3.63, 3.8) is 0 Å². The number of anilines is 1. The topological polar surface area (TPSA) is 107 Å². The Balaban J connectivity index is 1.82. The number of halogens is 2. The highest BCUT2D eigenvalue weighted by molar-refractivity contribution is 9.10. The van der Waals surface area contributed by atoms with E-state index < -0.39 is 10.0 Å². The molecular formula is C13H14BrClN4O3S. The molecule has 1 aromatic carbocycles. The largest absolute Gasteiger partial charge is 0.477 e. The van der Waals surface area contributed by atoms with Crippen LogP contribution in [-0.2, 0) is 10.0 Å². The predicted octanol–water partition coefficient (Wildman–Crippen LogP) is 2.22. The molecule has 0 radical (unpaired) electrons.